The van der Waals surface area contributed by atoms with Gasteiger partial charge in [-0.05, 0) is 12.1 Å². The van der Waals surface area contributed by atoms with Crippen LogP contribution in [0.5, 0.6) is 0 Å². The number of nitro groups is 1. The lowest BCUT2D eigenvalue weighted by Gasteiger charge is -2.04. The van der Waals surface area contributed by atoms with Gasteiger partial charge >= 0.3 is 5.69 Å². The first-order valence-electron chi connectivity index (χ1n) is 6.09. The van der Waals surface area contributed by atoms with Gasteiger partial charge in [-0.15, -0.1) is 11.3 Å². The number of halogens is 1. The standard InChI is InChI=1S/C12H15ClN4O2S/c1-7(2)10-11(17(18)19)12(16(3)15-10)14-6-8-4-5-9(13)20-8/h4-5,7,14H,6H2,1-3H3. The second-order valence-corrected chi connectivity index (χ2v) is 6.48. The molecule has 0 atom stereocenters. The van der Waals surface area contributed by atoms with Crippen LogP contribution in [0.25, 0.3) is 0 Å². The summed E-state index contributed by atoms with van der Waals surface area (Å²) in [5.41, 5.74) is 0.536. The van der Waals surface area contributed by atoms with Crippen molar-refractivity contribution in [2.75, 3.05) is 5.32 Å². The second-order valence-electron chi connectivity index (χ2n) is 4.68. The van der Waals surface area contributed by atoms with Crippen LogP contribution in [0.2, 0.25) is 4.34 Å². The van der Waals surface area contributed by atoms with Crippen molar-refractivity contribution in [1.29, 1.82) is 0 Å². The lowest BCUT2D eigenvalue weighted by atomic mass is 10.1. The number of thiophene rings is 1. The van der Waals surface area contributed by atoms with Gasteiger partial charge in [0.05, 0.1) is 15.8 Å². The highest BCUT2D eigenvalue weighted by Crippen LogP contribution is 2.33. The van der Waals surface area contributed by atoms with Crippen LogP contribution >= 0.6 is 22.9 Å². The van der Waals surface area contributed by atoms with Crippen molar-refractivity contribution in [3.8, 4) is 0 Å². The number of aromatic nitrogens is 2. The highest BCUT2D eigenvalue weighted by Gasteiger charge is 2.28. The molecule has 0 fully saturated rings. The van der Waals surface area contributed by atoms with Crippen LogP contribution in [0.15, 0.2) is 12.1 Å². The third-order valence-electron chi connectivity index (χ3n) is 2.84. The van der Waals surface area contributed by atoms with E-state index in [1.54, 1.807) is 13.1 Å². The van der Waals surface area contributed by atoms with E-state index in [1.807, 2.05) is 19.9 Å². The molecule has 0 aliphatic heterocycles. The van der Waals surface area contributed by atoms with Crippen molar-refractivity contribution < 1.29 is 4.92 Å². The molecule has 2 aromatic rings. The third kappa shape index (κ3) is 2.94. The minimum Gasteiger partial charge on any atom is -0.360 e. The predicted octanol–water partition coefficient (Wildman–Crippen LogP) is 3.78. The van der Waals surface area contributed by atoms with Gasteiger partial charge in [0.15, 0.2) is 0 Å². The van der Waals surface area contributed by atoms with E-state index in [9.17, 15) is 10.1 Å². The molecule has 0 saturated heterocycles. The van der Waals surface area contributed by atoms with Gasteiger partial charge in [0, 0.05) is 17.8 Å². The Hall–Kier alpha value is -1.60. The first-order valence-corrected chi connectivity index (χ1v) is 7.29. The van der Waals surface area contributed by atoms with Crippen molar-refractivity contribution in [3.63, 3.8) is 0 Å². The summed E-state index contributed by atoms with van der Waals surface area (Å²) in [5, 5.41) is 18.6. The molecular weight excluding hydrogens is 300 g/mol. The fraction of sp³-hybridized carbons (Fsp3) is 0.417. The number of nitrogens with zero attached hydrogens (tertiary/aromatic N) is 3. The SMILES string of the molecule is CC(C)c1nn(C)c(NCc2ccc(Cl)s2)c1[N+](=O)[O-]. The topological polar surface area (TPSA) is 73.0 Å². The molecule has 0 amide bonds. The quantitative estimate of drug-likeness (QED) is 0.673. The molecule has 0 aromatic carbocycles. The van der Waals surface area contributed by atoms with E-state index in [0.717, 1.165) is 4.88 Å². The Morgan fingerprint density at radius 3 is 2.75 bits per heavy atom. The average molecular weight is 315 g/mol. The molecule has 8 heteroatoms. The lowest BCUT2D eigenvalue weighted by Crippen LogP contribution is -2.05. The summed E-state index contributed by atoms with van der Waals surface area (Å²) in [6.07, 6.45) is 0. The van der Waals surface area contributed by atoms with Crippen LogP contribution in [0.1, 0.15) is 30.3 Å². The maximum Gasteiger partial charge on any atom is 0.334 e. The number of nitrogens with one attached hydrogen (secondary N) is 1. The van der Waals surface area contributed by atoms with E-state index in [1.165, 1.54) is 16.0 Å². The van der Waals surface area contributed by atoms with Gasteiger partial charge in [-0.25, -0.2) is 4.68 Å². The maximum absolute atomic E-state index is 11.3. The summed E-state index contributed by atoms with van der Waals surface area (Å²) >= 11 is 7.31. The smallest absolute Gasteiger partial charge is 0.334 e. The first-order chi connectivity index (χ1) is 9.40. The molecule has 0 saturated carbocycles. The van der Waals surface area contributed by atoms with Gasteiger partial charge in [0.25, 0.3) is 0 Å². The Labute approximate surface area is 125 Å². The summed E-state index contributed by atoms with van der Waals surface area (Å²) < 4.78 is 2.21. The molecule has 2 heterocycles. The van der Waals surface area contributed by atoms with Gasteiger partial charge in [-0.1, -0.05) is 25.4 Å². The van der Waals surface area contributed by atoms with E-state index in [2.05, 4.69) is 10.4 Å². The highest BCUT2D eigenvalue weighted by atomic mass is 35.5. The molecule has 2 rings (SSSR count). The molecule has 0 aliphatic carbocycles. The fourth-order valence-electron chi connectivity index (χ4n) is 1.92. The van der Waals surface area contributed by atoms with Crippen molar-refractivity contribution in [1.82, 2.24) is 9.78 Å². The minimum absolute atomic E-state index is 0.00617. The Morgan fingerprint density at radius 1 is 1.55 bits per heavy atom. The van der Waals surface area contributed by atoms with Crippen LogP contribution < -0.4 is 5.32 Å². The Morgan fingerprint density at radius 2 is 2.25 bits per heavy atom. The molecular formula is C12H15ClN4O2S. The normalized spacial score (nSPS) is 11.1. The number of hydrogen-bond donors (Lipinski definition) is 1. The fourth-order valence-corrected chi connectivity index (χ4v) is 2.95. The van der Waals surface area contributed by atoms with Crippen LogP contribution in [-0.4, -0.2) is 14.7 Å². The summed E-state index contributed by atoms with van der Waals surface area (Å²) in [6, 6.07) is 3.70. The molecule has 1 N–H and O–H groups in total. The van der Waals surface area contributed by atoms with Gasteiger partial charge in [-0.2, -0.15) is 5.10 Å². The van der Waals surface area contributed by atoms with Crippen molar-refractivity contribution in [2.45, 2.75) is 26.3 Å². The zero-order valence-electron chi connectivity index (χ0n) is 11.4. The molecule has 2 aromatic heterocycles. The molecule has 0 spiro atoms. The molecule has 6 nitrogen and oxygen atoms in total. The number of hydrogen-bond acceptors (Lipinski definition) is 5. The summed E-state index contributed by atoms with van der Waals surface area (Å²) in [7, 11) is 1.70. The van der Waals surface area contributed by atoms with Crippen molar-refractivity contribution in [3.05, 3.63) is 37.2 Å². The minimum atomic E-state index is -0.383. The van der Waals surface area contributed by atoms with E-state index >= 15 is 0 Å². The molecule has 0 radical (unpaired) electrons. The molecule has 0 unspecified atom stereocenters. The van der Waals surface area contributed by atoms with Gasteiger partial charge in [0.2, 0.25) is 5.82 Å². The third-order valence-corrected chi connectivity index (χ3v) is 4.07. The number of anilines is 1. The van der Waals surface area contributed by atoms with E-state index in [-0.39, 0.29) is 16.5 Å². The van der Waals surface area contributed by atoms with Gasteiger partial charge in [0.1, 0.15) is 5.69 Å². The van der Waals surface area contributed by atoms with Gasteiger partial charge < -0.3 is 5.32 Å². The zero-order chi connectivity index (χ0) is 14.9. The lowest BCUT2D eigenvalue weighted by molar-refractivity contribution is -0.384. The number of rotatable bonds is 5. The van der Waals surface area contributed by atoms with E-state index in [0.29, 0.717) is 22.4 Å². The van der Waals surface area contributed by atoms with Crippen LogP contribution in [0.4, 0.5) is 11.5 Å². The van der Waals surface area contributed by atoms with Crippen molar-refractivity contribution in [2.24, 2.45) is 7.05 Å². The average Bonchev–Trinajstić information content (AvgIpc) is 2.90. The molecule has 108 valence electrons. The summed E-state index contributed by atoms with van der Waals surface area (Å²) in [6.45, 7) is 4.26. The summed E-state index contributed by atoms with van der Waals surface area (Å²) in [4.78, 5) is 11.9. The second kappa shape index (κ2) is 5.80. The monoisotopic (exact) mass is 314 g/mol. The van der Waals surface area contributed by atoms with Crippen LogP contribution in [-0.2, 0) is 13.6 Å². The molecule has 20 heavy (non-hydrogen) atoms. The number of aryl methyl sites for hydroxylation is 1. The summed E-state index contributed by atoms with van der Waals surface area (Å²) in [5.74, 6) is 0.413. The molecule has 0 bridgehead atoms. The Balaban J connectivity index is 2.28. The first kappa shape index (κ1) is 14.8. The van der Waals surface area contributed by atoms with E-state index in [4.69, 9.17) is 11.6 Å². The molecule has 0 aliphatic rings. The van der Waals surface area contributed by atoms with Crippen molar-refractivity contribution >= 4 is 34.4 Å². The Kier molecular flexibility index (Phi) is 4.29. The maximum atomic E-state index is 11.3. The van der Waals surface area contributed by atoms with Gasteiger partial charge in [-0.3, -0.25) is 10.1 Å². The Bertz CT molecular complexity index is 635. The zero-order valence-corrected chi connectivity index (χ0v) is 13.0. The predicted molar refractivity (Wildman–Crippen MR) is 80.6 cm³/mol. The largest absolute Gasteiger partial charge is 0.360 e. The van der Waals surface area contributed by atoms with Crippen LogP contribution in [0.3, 0.4) is 0 Å². The highest BCUT2D eigenvalue weighted by molar-refractivity contribution is 7.16. The van der Waals surface area contributed by atoms with E-state index < -0.39 is 0 Å². The van der Waals surface area contributed by atoms with Crippen LogP contribution in [0, 0.1) is 10.1 Å².